The van der Waals surface area contributed by atoms with Crippen LogP contribution in [0.25, 0.3) is 0 Å². The molecule has 0 aromatic rings. The van der Waals surface area contributed by atoms with E-state index in [0.29, 0.717) is 79.3 Å². The molecular weight excluding hydrogens is 434 g/mol. The highest BCUT2D eigenvalue weighted by molar-refractivity contribution is 7.81. The quantitative estimate of drug-likeness (QED) is 0.149. The molecule has 0 rings (SSSR count). The molecule has 0 fully saturated rings. The minimum absolute atomic E-state index is 0.0579. The monoisotopic (exact) mass is 483 g/mol. The van der Waals surface area contributed by atoms with Gasteiger partial charge in [0.25, 0.3) is 0 Å². The number of methoxy groups -OCH3 is 1. The summed E-state index contributed by atoms with van der Waals surface area (Å²) in [6.45, 7) is 17.0. The zero-order valence-corrected chi connectivity index (χ0v) is 21.9. The summed E-state index contributed by atoms with van der Waals surface area (Å²) in [6.07, 6.45) is 2.15. The summed E-state index contributed by atoms with van der Waals surface area (Å²) in [7, 11) is 1.72. The van der Waals surface area contributed by atoms with Crippen molar-refractivity contribution in [3.05, 3.63) is 0 Å². The first-order valence-corrected chi connectivity index (χ1v) is 12.4. The van der Waals surface area contributed by atoms with Gasteiger partial charge in [0.2, 0.25) is 0 Å². The number of thiol groups is 1. The van der Waals surface area contributed by atoms with Crippen molar-refractivity contribution in [1.82, 2.24) is 4.90 Å². The average Bonchev–Trinajstić information content (AvgIpc) is 2.77. The summed E-state index contributed by atoms with van der Waals surface area (Å²) in [5.41, 5.74) is 0. The summed E-state index contributed by atoms with van der Waals surface area (Å²) in [4.78, 5) is 2.30. The Bertz CT molecular complexity index is 378. The van der Waals surface area contributed by atoms with Gasteiger partial charge in [0.05, 0.1) is 85.9 Å². The molecule has 0 aliphatic rings. The third kappa shape index (κ3) is 23.2. The van der Waals surface area contributed by atoms with Crippen molar-refractivity contribution in [3.8, 4) is 0 Å². The molecule has 194 valence electrons. The zero-order valence-electron chi connectivity index (χ0n) is 21.0. The van der Waals surface area contributed by atoms with Crippen LogP contribution in [0.4, 0.5) is 0 Å². The van der Waals surface area contributed by atoms with Gasteiger partial charge in [0.1, 0.15) is 0 Å². The Kier molecular flexibility index (Phi) is 24.2. The molecule has 0 spiro atoms. The van der Waals surface area contributed by atoms with Crippen molar-refractivity contribution in [2.75, 3.05) is 113 Å². The molecule has 0 saturated carbocycles. The molecule has 0 amide bonds. The minimum Gasteiger partial charge on any atom is -0.383 e. The molecule has 0 aliphatic carbocycles. The van der Waals surface area contributed by atoms with E-state index >= 15 is 0 Å². The average molecular weight is 484 g/mol. The highest BCUT2D eigenvalue weighted by atomic mass is 32.1. The second-order valence-electron chi connectivity index (χ2n) is 7.79. The number of rotatable bonds is 26. The molecular formula is C23H49NO7S. The van der Waals surface area contributed by atoms with E-state index < -0.39 is 0 Å². The lowest BCUT2D eigenvalue weighted by Gasteiger charge is -2.22. The van der Waals surface area contributed by atoms with Gasteiger partial charge in [0, 0.05) is 24.9 Å². The molecule has 0 heterocycles. The topological polar surface area (TPSA) is 67.9 Å². The molecule has 1 atom stereocenters. The van der Waals surface area contributed by atoms with Crippen molar-refractivity contribution >= 4 is 12.6 Å². The van der Waals surface area contributed by atoms with Crippen LogP contribution in [0.15, 0.2) is 0 Å². The SMILES string of the molecule is CCCC(C)(S)COCCOCCOCCOCCOCCOCCN(CC)CCOC. The first-order valence-electron chi connectivity index (χ1n) is 12.0. The molecule has 0 N–H and O–H groups in total. The predicted molar refractivity (Wildman–Crippen MR) is 131 cm³/mol. The lowest BCUT2D eigenvalue weighted by atomic mass is 10.1. The third-order valence-electron chi connectivity index (χ3n) is 4.67. The maximum atomic E-state index is 5.61. The number of likely N-dealkylation sites (N-methyl/N-ethyl adjacent to an activating group) is 1. The van der Waals surface area contributed by atoms with E-state index in [1.165, 1.54) is 0 Å². The van der Waals surface area contributed by atoms with Gasteiger partial charge in [-0.15, -0.1) is 0 Å². The Labute approximate surface area is 201 Å². The van der Waals surface area contributed by atoms with Crippen LogP contribution in [-0.4, -0.2) is 122 Å². The number of hydrogen-bond donors (Lipinski definition) is 1. The van der Waals surface area contributed by atoms with E-state index in [1.807, 2.05) is 0 Å². The van der Waals surface area contributed by atoms with Crippen molar-refractivity contribution in [3.63, 3.8) is 0 Å². The van der Waals surface area contributed by atoms with Crippen LogP contribution in [0.1, 0.15) is 33.6 Å². The molecule has 0 radical (unpaired) electrons. The van der Waals surface area contributed by atoms with Crippen LogP contribution in [0, 0.1) is 0 Å². The van der Waals surface area contributed by atoms with E-state index in [2.05, 4.69) is 38.3 Å². The number of nitrogens with zero attached hydrogens (tertiary/aromatic N) is 1. The van der Waals surface area contributed by atoms with Gasteiger partial charge >= 0.3 is 0 Å². The largest absolute Gasteiger partial charge is 0.383 e. The van der Waals surface area contributed by atoms with Gasteiger partial charge in [0.15, 0.2) is 0 Å². The van der Waals surface area contributed by atoms with Crippen LogP contribution < -0.4 is 0 Å². The van der Waals surface area contributed by atoms with Gasteiger partial charge < -0.3 is 33.2 Å². The maximum absolute atomic E-state index is 5.61. The first kappa shape index (κ1) is 32.0. The highest BCUT2D eigenvalue weighted by Crippen LogP contribution is 2.20. The molecule has 8 nitrogen and oxygen atoms in total. The molecule has 0 saturated heterocycles. The fraction of sp³-hybridized carbons (Fsp3) is 1.00. The molecule has 0 aliphatic heterocycles. The maximum Gasteiger partial charge on any atom is 0.0701 e. The molecule has 32 heavy (non-hydrogen) atoms. The molecule has 0 aromatic heterocycles. The highest BCUT2D eigenvalue weighted by Gasteiger charge is 2.17. The van der Waals surface area contributed by atoms with Gasteiger partial charge in [-0.05, 0) is 19.9 Å². The van der Waals surface area contributed by atoms with E-state index in [1.54, 1.807) is 7.11 Å². The Balaban J connectivity index is 3.19. The molecule has 0 bridgehead atoms. The lowest BCUT2D eigenvalue weighted by molar-refractivity contribution is -0.0184. The number of ether oxygens (including phenoxy) is 7. The second-order valence-corrected chi connectivity index (χ2v) is 8.87. The van der Waals surface area contributed by atoms with Crippen molar-refractivity contribution in [2.24, 2.45) is 0 Å². The van der Waals surface area contributed by atoms with Crippen LogP contribution in [0.5, 0.6) is 0 Å². The van der Waals surface area contributed by atoms with Gasteiger partial charge in [-0.3, -0.25) is 4.90 Å². The fourth-order valence-corrected chi connectivity index (χ4v) is 3.16. The van der Waals surface area contributed by atoms with E-state index in [-0.39, 0.29) is 4.75 Å². The summed E-state index contributed by atoms with van der Waals surface area (Å²) in [6, 6.07) is 0. The molecule has 9 heteroatoms. The smallest absolute Gasteiger partial charge is 0.0701 e. The fourth-order valence-electron chi connectivity index (χ4n) is 2.84. The minimum atomic E-state index is -0.0579. The van der Waals surface area contributed by atoms with E-state index in [0.717, 1.165) is 39.1 Å². The number of hydrogen-bond acceptors (Lipinski definition) is 9. The third-order valence-corrected chi connectivity index (χ3v) is 5.03. The molecule has 1 unspecified atom stereocenters. The summed E-state index contributed by atoms with van der Waals surface area (Å²) < 4.78 is 38.2. The lowest BCUT2D eigenvalue weighted by Crippen LogP contribution is -2.30. The Hall–Kier alpha value is 0.0300. The zero-order chi connectivity index (χ0) is 23.8. The van der Waals surface area contributed by atoms with Crippen LogP contribution in [0.2, 0.25) is 0 Å². The summed E-state index contributed by atoms with van der Waals surface area (Å²) in [5, 5.41) is 0. The Morgan fingerprint density at radius 2 is 1.03 bits per heavy atom. The summed E-state index contributed by atoms with van der Waals surface area (Å²) >= 11 is 4.60. The first-order chi connectivity index (χ1) is 15.6. The summed E-state index contributed by atoms with van der Waals surface area (Å²) in [5.74, 6) is 0. The van der Waals surface area contributed by atoms with Gasteiger partial charge in [-0.25, -0.2) is 0 Å². The predicted octanol–water partition coefficient (Wildman–Crippen LogP) is 2.54. The van der Waals surface area contributed by atoms with Crippen molar-refractivity contribution in [1.29, 1.82) is 0 Å². The van der Waals surface area contributed by atoms with Crippen LogP contribution in [0.3, 0.4) is 0 Å². The Morgan fingerprint density at radius 1 is 0.625 bits per heavy atom. The van der Waals surface area contributed by atoms with Crippen LogP contribution >= 0.6 is 12.6 Å². The van der Waals surface area contributed by atoms with Crippen molar-refractivity contribution in [2.45, 2.75) is 38.4 Å². The van der Waals surface area contributed by atoms with Crippen LogP contribution in [-0.2, 0) is 33.2 Å². The van der Waals surface area contributed by atoms with Crippen molar-refractivity contribution < 1.29 is 33.2 Å². The normalized spacial score (nSPS) is 13.7. The van der Waals surface area contributed by atoms with E-state index in [4.69, 9.17) is 33.2 Å². The van der Waals surface area contributed by atoms with Gasteiger partial charge in [-0.2, -0.15) is 12.6 Å². The van der Waals surface area contributed by atoms with E-state index in [9.17, 15) is 0 Å². The van der Waals surface area contributed by atoms with Gasteiger partial charge in [-0.1, -0.05) is 20.3 Å². The second kappa shape index (κ2) is 24.2. The molecule has 0 aromatic carbocycles. The Morgan fingerprint density at radius 3 is 1.44 bits per heavy atom. The standard InChI is InChI=1S/C23H49NO7S/c1-5-7-23(3,32)22-31-21-20-30-19-18-29-17-16-28-15-14-27-13-12-26-11-9-24(6-2)8-10-25-4/h32H,5-22H2,1-4H3.